The fourth-order valence-electron chi connectivity index (χ4n) is 5.26. The molecule has 3 N–H and O–H groups in total. The number of nitrogens with zero attached hydrogens (tertiary/aromatic N) is 2. The number of benzene rings is 2. The zero-order valence-corrected chi connectivity index (χ0v) is 26.7. The van der Waals surface area contributed by atoms with Crippen LogP contribution in [0.4, 0.5) is 4.39 Å². The van der Waals surface area contributed by atoms with Gasteiger partial charge in [-0.05, 0) is 68.5 Å². The van der Waals surface area contributed by atoms with E-state index in [4.69, 9.17) is 0 Å². The van der Waals surface area contributed by atoms with Crippen LogP contribution in [0.15, 0.2) is 79.0 Å². The van der Waals surface area contributed by atoms with Gasteiger partial charge in [-0.15, -0.1) is 0 Å². The van der Waals surface area contributed by atoms with Gasteiger partial charge in [-0.25, -0.2) is 4.39 Å². The molecule has 4 rings (SSSR count). The minimum Gasteiger partial charge on any atom is -0.550 e. The Bertz CT molecular complexity index is 1490. The van der Waals surface area contributed by atoms with Gasteiger partial charge in [0.2, 0.25) is 0 Å². The number of aromatic nitrogens is 2. The summed E-state index contributed by atoms with van der Waals surface area (Å²) in [6.07, 6.45) is -0.794. The molecule has 2 aromatic heterocycles. The third-order valence-electron chi connectivity index (χ3n) is 7.05. The van der Waals surface area contributed by atoms with Crippen LogP contribution in [0.3, 0.4) is 0 Å². The molecule has 10 heteroatoms. The van der Waals surface area contributed by atoms with Crippen LogP contribution < -0.4 is 40.0 Å². The van der Waals surface area contributed by atoms with Crippen LogP contribution in [0.2, 0.25) is 0 Å². The Balaban J connectivity index is 0.00000506. The molecule has 0 aliphatic carbocycles. The molecule has 0 spiro atoms. The standard InChI is InChI=1S/C33H36FN3O5.Na/c1-21(2)37-28(16-15-26(38)18-27(39)19-29(40)41)30(23-11-13-24(34)14-12-23)31(22-8-4-3-5-9-22)32(37)33(42)36-20-25-10-6-7-17-35-25;/h3-14,17,21,26-27,38-39H,15-16,18-20H2,1-2H3,(H,36,42)(H,40,41);/q;+1/p-1/t26-,27-;/m1./s1. The van der Waals surface area contributed by atoms with Gasteiger partial charge in [0.15, 0.2) is 0 Å². The maximum atomic E-state index is 14.0. The molecule has 4 aromatic rings. The van der Waals surface area contributed by atoms with Crippen molar-refractivity contribution in [2.75, 3.05) is 0 Å². The number of nitrogens with one attached hydrogen (secondary N) is 1. The molecular weight excluding hydrogens is 560 g/mol. The number of aliphatic carboxylic acids is 1. The molecule has 2 heterocycles. The maximum Gasteiger partial charge on any atom is 1.00 e. The van der Waals surface area contributed by atoms with Crippen LogP contribution in [0.5, 0.6) is 0 Å². The van der Waals surface area contributed by atoms with E-state index in [1.165, 1.54) is 12.1 Å². The number of hydrogen-bond acceptors (Lipinski definition) is 6. The van der Waals surface area contributed by atoms with Crippen LogP contribution >= 0.6 is 0 Å². The summed E-state index contributed by atoms with van der Waals surface area (Å²) < 4.78 is 16.0. The molecule has 0 saturated carbocycles. The number of pyridine rings is 1. The number of rotatable bonds is 13. The van der Waals surface area contributed by atoms with E-state index in [9.17, 15) is 29.3 Å². The van der Waals surface area contributed by atoms with Gasteiger partial charge in [-0.3, -0.25) is 9.78 Å². The first-order chi connectivity index (χ1) is 20.2. The molecule has 0 bridgehead atoms. The number of aliphatic hydroxyl groups is 2. The predicted molar refractivity (Wildman–Crippen MR) is 156 cm³/mol. The van der Waals surface area contributed by atoms with Gasteiger partial charge in [-0.2, -0.15) is 0 Å². The molecule has 0 saturated heterocycles. The number of carboxylic acid groups (broad SMARTS) is 1. The predicted octanol–water partition coefficient (Wildman–Crippen LogP) is 1.06. The summed E-state index contributed by atoms with van der Waals surface area (Å²) in [5.41, 5.74) is 4.79. The van der Waals surface area contributed by atoms with Gasteiger partial charge in [0.1, 0.15) is 11.5 Å². The minimum absolute atomic E-state index is 0. The quantitative estimate of drug-likeness (QED) is 0.199. The molecule has 0 unspecified atom stereocenters. The van der Waals surface area contributed by atoms with Crippen LogP contribution in [0.25, 0.3) is 22.3 Å². The van der Waals surface area contributed by atoms with Crippen molar-refractivity contribution in [1.82, 2.24) is 14.9 Å². The second-order valence-electron chi connectivity index (χ2n) is 10.5. The van der Waals surface area contributed by atoms with Crippen LogP contribution in [0.1, 0.15) is 61.0 Å². The Hall–Kier alpha value is -3.34. The summed E-state index contributed by atoms with van der Waals surface area (Å²) in [5, 5.41) is 34.6. The number of carbonyl (C=O) groups excluding carboxylic acids is 2. The number of hydrogen-bond donors (Lipinski definition) is 3. The monoisotopic (exact) mass is 595 g/mol. The van der Waals surface area contributed by atoms with E-state index in [1.807, 2.05) is 60.9 Å². The van der Waals surface area contributed by atoms with E-state index < -0.39 is 30.4 Å². The Labute approximate surface area is 272 Å². The van der Waals surface area contributed by atoms with Gasteiger partial charge < -0.3 is 30.0 Å². The smallest absolute Gasteiger partial charge is 0.550 e. The third kappa shape index (κ3) is 8.84. The van der Waals surface area contributed by atoms with Crippen LogP contribution in [-0.4, -0.2) is 43.8 Å². The topological polar surface area (TPSA) is 128 Å². The molecule has 8 nitrogen and oxygen atoms in total. The summed E-state index contributed by atoms with van der Waals surface area (Å²) in [6, 6.07) is 20.9. The van der Waals surface area contributed by atoms with E-state index in [1.54, 1.807) is 24.4 Å². The molecule has 220 valence electrons. The average Bonchev–Trinajstić information content (AvgIpc) is 3.31. The van der Waals surface area contributed by atoms with Gasteiger partial charge in [0.25, 0.3) is 5.91 Å². The Morgan fingerprint density at radius 2 is 1.58 bits per heavy atom. The van der Waals surface area contributed by atoms with E-state index >= 15 is 0 Å². The third-order valence-corrected chi connectivity index (χ3v) is 7.05. The van der Waals surface area contributed by atoms with Crippen molar-refractivity contribution < 1.29 is 58.9 Å². The largest absolute Gasteiger partial charge is 1.00 e. The summed E-state index contributed by atoms with van der Waals surface area (Å²) in [6.45, 7) is 4.14. The van der Waals surface area contributed by atoms with Gasteiger partial charge in [0.05, 0.1) is 24.4 Å². The molecule has 2 aromatic carbocycles. The first kappa shape index (κ1) is 34.2. The van der Waals surface area contributed by atoms with Gasteiger partial charge >= 0.3 is 29.6 Å². The zero-order chi connectivity index (χ0) is 30.2. The molecular formula is C33H35FN3NaO5. The number of halogens is 1. The van der Waals surface area contributed by atoms with Crippen LogP contribution in [0, 0.1) is 5.82 Å². The molecule has 0 fully saturated rings. The molecule has 2 atom stereocenters. The van der Waals surface area contributed by atoms with Crippen molar-refractivity contribution >= 4 is 11.9 Å². The van der Waals surface area contributed by atoms with Gasteiger partial charge in [0, 0.05) is 41.4 Å². The summed E-state index contributed by atoms with van der Waals surface area (Å²) in [5.74, 6) is -2.10. The normalized spacial score (nSPS) is 12.4. The maximum absolute atomic E-state index is 14.0. The Morgan fingerprint density at radius 1 is 0.930 bits per heavy atom. The molecule has 0 aliphatic heterocycles. The molecule has 1 amide bonds. The number of aliphatic hydroxyl groups excluding tert-OH is 2. The summed E-state index contributed by atoms with van der Waals surface area (Å²) in [7, 11) is 0. The summed E-state index contributed by atoms with van der Waals surface area (Å²) in [4.78, 5) is 29.2. The SMILES string of the molecule is CC(C)n1c(CC[C@@H](O)C[C@@H](O)CC(=O)[O-])c(-c2ccc(F)cc2)c(-c2ccccc2)c1C(=O)NCc1ccccn1.[Na+]. The summed E-state index contributed by atoms with van der Waals surface area (Å²) >= 11 is 0. The Kier molecular flexibility index (Phi) is 12.7. The second kappa shape index (κ2) is 15.9. The van der Waals surface area contributed by atoms with Crippen molar-refractivity contribution in [2.45, 2.75) is 64.3 Å². The van der Waals surface area contributed by atoms with E-state index in [-0.39, 0.29) is 60.9 Å². The van der Waals surface area contributed by atoms with Crippen molar-refractivity contribution in [3.63, 3.8) is 0 Å². The van der Waals surface area contributed by atoms with E-state index in [0.29, 0.717) is 28.9 Å². The Morgan fingerprint density at radius 3 is 2.19 bits per heavy atom. The number of carboxylic acids is 1. The molecule has 43 heavy (non-hydrogen) atoms. The first-order valence-electron chi connectivity index (χ1n) is 14.0. The second-order valence-corrected chi connectivity index (χ2v) is 10.5. The fraction of sp³-hybridized carbons (Fsp3) is 0.303. The van der Waals surface area contributed by atoms with E-state index in [2.05, 4.69) is 10.3 Å². The molecule has 0 radical (unpaired) electrons. The first-order valence-corrected chi connectivity index (χ1v) is 14.0. The number of amides is 1. The minimum atomic E-state index is -1.39. The van der Waals surface area contributed by atoms with E-state index in [0.717, 1.165) is 16.8 Å². The van der Waals surface area contributed by atoms with Crippen molar-refractivity contribution in [3.05, 3.63) is 102 Å². The van der Waals surface area contributed by atoms with Crippen molar-refractivity contribution in [3.8, 4) is 22.3 Å². The average molecular weight is 596 g/mol. The fourth-order valence-corrected chi connectivity index (χ4v) is 5.26. The van der Waals surface area contributed by atoms with Gasteiger partial charge in [-0.1, -0.05) is 48.5 Å². The molecule has 0 aliphatic rings. The van der Waals surface area contributed by atoms with Crippen molar-refractivity contribution in [1.29, 1.82) is 0 Å². The number of carbonyl (C=O) groups is 2. The van der Waals surface area contributed by atoms with Crippen LogP contribution in [-0.2, 0) is 17.8 Å². The zero-order valence-electron chi connectivity index (χ0n) is 24.7. The van der Waals surface area contributed by atoms with Crippen molar-refractivity contribution in [2.24, 2.45) is 0 Å².